The third-order valence-electron chi connectivity index (χ3n) is 3.79. The Bertz CT molecular complexity index is 895. The summed E-state index contributed by atoms with van der Waals surface area (Å²) in [4.78, 5) is 16.9. The number of rotatable bonds is 5. The summed E-state index contributed by atoms with van der Waals surface area (Å²) in [5.41, 5.74) is 3.47. The number of nitriles is 1. The fourth-order valence-corrected chi connectivity index (χ4v) is 3.30. The van der Waals surface area contributed by atoms with Crippen molar-refractivity contribution in [1.29, 1.82) is 5.26 Å². The maximum Gasteiger partial charge on any atom is 0.224 e. The minimum Gasteiger partial charge on any atom is -0.347 e. The van der Waals surface area contributed by atoms with Gasteiger partial charge in [-0.3, -0.25) is 4.79 Å². The van der Waals surface area contributed by atoms with Gasteiger partial charge in [0.1, 0.15) is 5.01 Å². The summed E-state index contributed by atoms with van der Waals surface area (Å²) < 4.78 is 0. The van der Waals surface area contributed by atoms with Crippen LogP contribution in [0.5, 0.6) is 0 Å². The molecular weight excluding hydrogens is 330 g/mol. The molecule has 0 aliphatic carbocycles. The summed E-state index contributed by atoms with van der Waals surface area (Å²) >= 11 is 1.54. The molecule has 0 aliphatic heterocycles. The molecule has 0 bridgehead atoms. The molecule has 4 nitrogen and oxygen atoms in total. The topological polar surface area (TPSA) is 65.8 Å². The number of carbonyl (C=O) groups is 1. The second kappa shape index (κ2) is 7.73. The fourth-order valence-electron chi connectivity index (χ4n) is 2.46. The monoisotopic (exact) mass is 347 g/mol. The summed E-state index contributed by atoms with van der Waals surface area (Å²) in [6, 6.07) is 19.0. The van der Waals surface area contributed by atoms with Crippen molar-refractivity contribution in [3.63, 3.8) is 0 Å². The molecule has 0 saturated carbocycles. The molecule has 124 valence electrons. The van der Waals surface area contributed by atoms with Crippen LogP contribution < -0.4 is 5.32 Å². The van der Waals surface area contributed by atoms with Crippen molar-refractivity contribution in [2.75, 3.05) is 0 Å². The highest BCUT2D eigenvalue weighted by molar-refractivity contribution is 7.10. The van der Waals surface area contributed by atoms with Crippen LogP contribution in [0.1, 0.15) is 29.1 Å². The number of carbonyl (C=O) groups excluding carboxylic acids is 1. The van der Waals surface area contributed by atoms with Crippen molar-refractivity contribution in [2.24, 2.45) is 0 Å². The van der Waals surface area contributed by atoms with E-state index in [0.29, 0.717) is 5.56 Å². The Labute approximate surface area is 150 Å². The van der Waals surface area contributed by atoms with E-state index in [1.54, 1.807) is 35.6 Å². The minimum absolute atomic E-state index is 0.0614. The van der Waals surface area contributed by atoms with Gasteiger partial charge in [-0.05, 0) is 24.6 Å². The van der Waals surface area contributed by atoms with Gasteiger partial charge in [0.2, 0.25) is 5.91 Å². The third kappa shape index (κ3) is 4.31. The van der Waals surface area contributed by atoms with Gasteiger partial charge in [0.05, 0.1) is 29.8 Å². The molecule has 0 saturated heterocycles. The van der Waals surface area contributed by atoms with Gasteiger partial charge in [-0.15, -0.1) is 11.3 Å². The van der Waals surface area contributed by atoms with Crippen molar-refractivity contribution in [2.45, 2.75) is 19.4 Å². The van der Waals surface area contributed by atoms with E-state index < -0.39 is 0 Å². The van der Waals surface area contributed by atoms with Crippen LogP contribution in [-0.2, 0) is 11.2 Å². The van der Waals surface area contributed by atoms with E-state index in [1.165, 1.54) is 0 Å². The summed E-state index contributed by atoms with van der Waals surface area (Å²) in [6.45, 7) is 1.93. The van der Waals surface area contributed by atoms with Gasteiger partial charge in [0, 0.05) is 10.9 Å². The van der Waals surface area contributed by atoms with Crippen molar-refractivity contribution < 1.29 is 4.79 Å². The van der Waals surface area contributed by atoms with E-state index in [2.05, 4.69) is 16.4 Å². The van der Waals surface area contributed by atoms with E-state index in [9.17, 15) is 4.79 Å². The summed E-state index contributed by atoms with van der Waals surface area (Å²) in [5, 5.41) is 14.7. The van der Waals surface area contributed by atoms with E-state index in [4.69, 9.17) is 5.26 Å². The lowest BCUT2D eigenvalue weighted by Gasteiger charge is -2.11. The SMILES string of the molecule is CC(NC(=O)Cc1ccc(C#N)cc1)c1nc(-c2ccccc2)cs1. The molecule has 3 aromatic rings. The molecule has 1 N–H and O–H groups in total. The van der Waals surface area contributed by atoms with E-state index in [-0.39, 0.29) is 18.4 Å². The maximum absolute atomic E-state index is 12.2. The van der Waals surface area contributed by atoms with Crippen LogP contribution in [0.3, 0.4) is 0 Å². The van der Waals surface area contributed by atoms with Crippen LogP contribution in [0.2, 0.25) is 0 Å². The molecular formula is C20H17N3OS. The zero-order valence-corrected chi connectivity index (χ0v) is 14.6. The molecule has 1 aromatic heterocycles. The van der Waals surface area contributed by atoms with E-state index in [0.717, 1.165) is 21.8 Å². The lowest BCUT2D eigenvalue weighted by Crippen LogP contribution is -2.28. The number of aromatic nitrogens is 1. The van der Waals surface area contributed by atoms with Gasteiger partial charge in [0.15, 0.2) is 0 Å². The number of nitrogens with zero attached hydrogens (tertiary/aromatic N) is 2. The second-order valence-corrected chi connectivity index (χ2v) is 6.60. The van der Waals surface area contributed by atoms with Gasteiger partial charge in [0.25, 0.3) is 0 Å². The number of thiazole rings is 1. The largest absolute Gasteiger partial charge is 0.347 e. The molecule has 5 heteroatoms. The van der Waals surface area contributed by atoms with Gasteiger partial charge in [-0.25, -0.2) is 4.98 Å². The first-order chi connectivity index (χ1) is 12.2. The van der Waals surface area contributed by atoms with E-state index in [1.807, 2.05) is 42.6 Å². The zero-order valence-electron chi connectivity index (χ0n) is 13.8. The lowest BCUT2D eigenvalue weighted by atomic mass is 10.1. The predicted molar refractivity (Wildman–Crippen MR) is 99.0 cm³/mol. The molecule has 0 fully saturated rings. The fraction of sp³-hybridized carbons (Fsp3) is 0.150. The van der Waals surface area contributed by atoms with Gasteiger partial charge in [-0.2, -0.15) is 5.26 Å². The summed E-state index contributed by atoms with van der Waals surface area (Å²) in [5.74, 6) is -0.0614. The van der Waals surface area contributed by atoms with Gasteiger partial charge in [-0.1, -0.05) is 42.5 Å². The normalized spacial score (nSPS) is 11.5. The van der Waals surface area contributed by atoms with Crippen LogP contribution in [0.15, 0.2) is 60.0 Å². The smallest absolute Gasteiger partial charge is 0.224 e. The molecule has 25 heavy (non-hydrogen) atoms. The standard InChI is InChI=1S/C20H17N3OS/c1-14(20-23-18(13-25-20)17-5-3-2-4-6-17)22-19(24)11-15-7-9-16(12-21)10-8-15/h2-10,13-14H,11H2,1H3,(H,22,24). The molecule has 0 radical (unpaired) electrons. The Morgan fingerprint density at radius 1 is 1.20 bits per heavy atom. The highest BCUT2D eigenvalue weighted by atomic mass is 32.1. The second-order valence-electron chi connectivity index (χ2n) is 5.71. The first kappa shape index (κ1) is 16.9. The van der Waals surface area contributed by atoms with Crippen LogP contribution in [0.25, 0.3) is 11.3 Å². The Kier molecular flexibility index (Phi) is 5.22. The first-order valence-corrected chi connectivity index (χ1v) is 8.83. The summed E-state index contributed by atoms with van der Waals surface area (Å²) in [7, 11) is 0. The Morgan fingerprint density at radius 2 is 1.92 bits per heavy atom. The molecule has 1 heterocycles. The van der Waals surface area contributed by atoms with Crippen molar-refractivity contribution >= 4 is 17.2 Å². The molecule has 1 unspecified atom stereocenters. The maximum atomic E-state index is 12.2. The number of hydrogen-bond donors (Lipinski definition) is 1. The van der Waals surface area contributed by atoms with Crippen molar-refractivity contribution in [3.05, 3.63) is 76.1 Å². The van der Waals surface area contributed by atoms with Gasteiger partial charge < -0.3 is 5.32 Å². The Balaban J connectivity index is 1.61. The number of amides is 1. The van der Waals surface area contributed by atoms with Crippen LogP contribution in [-0.4, -0.2) is 10.9 Å². The molecule has 1 amide bonds. The predicted octanol–water partition coefficient (Wildman–Crippen LogP) is 4.10. The third-order valence-corrected chi connectivity index (χ3v) is 4.81. The highest BCUT2D eigenvalue weighted by Crippen LogP contribution is 2.25. The van der Waals surface area contributed by atoms with Crippen LogP contribution in [0, 0.1) is 11.3 Å². The van der Waals surface area contributed by atoms with Crippen molar-refractivity contribution in [3.8, 4) is 17.3 Å². The molecule has 0 aliphatic rings. The number of hydrogen-bond acceptors (Lipinski definition) is 4. The molecule has 0 spiro atoms. The van der Waals surface area contributed by atoms with E-state index >= 15 is 0 Å². The van der Waals surface area contributed by atoms with Crippen LogP contribution in [0.4, 0.5) is 0 Å². The number of nitrogens with one attached hydrogen (secondary N) is 1. The zero-order chi connectivity index (χ0) is 17.6. The summed E-state index contributed by atoms with van der Waals surface area (Å²) in [6.07, 6.45) is 0.285. The highest BCUT2D eigenvalue weighted by Gasteiger charge is 2.14. The average Bonchev–Trinajstić information content (AvgIpc) is 3.13. The van der Waals surface area contributed by atoms with Crippen molar-refractivity contribution in [1.82, 2.24) is 10.3 Å². The Morgan fingerprint density at radius 3 is 2.60 bits per heavy atom. The quantitative estimate of drug-likeness (QED) is 0.755. The van der Waals surface area contributed by atoms with Gasteiger partial charge >= 0.3 is 0 Å². The lowest BCUT2D eigenvalue weighted by molar-refractivity contribution is -0.121. The Hall–Kier alpha value is -2.97. The average molecular weight is 347 g/mol. The minimum atomic E-state index is -0.145. The van der Waals surface area contributed by atoms with Crippen LogP contribution >= 0.6 is 11.3 Å². The molecule has 3 rings (SSSR count). The first-order valence-electron chi connectivity index (χ1n) is 7.95. The molecule has 2 aromatic carbocycles. The number of benzene rings is 2. The molecule has 1 atom stereocenters.